The van der Waals surface area contributed by atoms with E-state index in [0.717, 1.165) is 61.4 Å². The van der Waals surface area contributed by atoms with Gasteiger partial charge in [0.25, 0.3) is 5.91 Å². The second-order valence-electron chi connectivity index (χ2n) is 11.6. The molecule has 2 unspecified atom stereocenters. The minimum Gasteiger partial charge on any atom is -0.494 e. The Morgan fingerprint density at radius 1 is 0.860 bits per heavy atom. The molecule has 2 heterocycles. The van der Waals surface area contributed by atoms with Gasteiger partial charge in [-0.1, -0.05) is 37.1 Å². The van der Waals surface area contributed by atoms with Crippen molar-refractivity contribution in [2.24, 2.45) is 0 Å². The number of benzene rings is 3. The fourth-order valence-electron chi connectivity index (χ4n) is 6.73. The van der Waals surface area contributed by atoms with Crippen molar-refractivity contribution in [1.82, 2.24) is 9.80 Å². The van der Waals surface area contributed by atoms with Crippen molar-refractivity contribution < 1.29 is 28.9 Å². The molecule has 0 bridgehead atoms. The van der Waals surface area contributed by atoms with Crippen LogP contribution in [0.15, 0.2) is 60.7 Å². The predicted octanol–water partition coefficient (Wildman–Crippen LogP) is 4.68. The van der Waals surface area contributed by atoms with Gasteiger partial charge in [0.1, 0.15) is 11.5 Å². The summed E-state index contributed by atoms with van der Waals surface area (Å²) in [5, 5.41) is 10.5. The summed E-state index contributed by atoms with van der Waals surface area (Å²) in [7, 11) is 0. The maximum absolute atomic E-state index is 13.5. The number of piperazine rings is 1. The lowest BCUT2D eigenvalue weighted by atomic mass is 9.90. The fraction of sp³-hybridized carbons (Fsp3) is 0.471. The number of carboxylic acid groups (broad SMARTS) is 1. The van der Waals surface area contributed by atoms with Gasteiger partial charge in [-0.05, 0) is 61.0 Å². The summed E-state index contributed by atoms with van der Waals surface area (Å²) >= 11 is 0. The van der Waals surface area contributed by atoms with Crippen molar-refractivity contribution in [3.05, 3.63) is 66.2 Å². The predicted molar refractivity (Wildman–Crippen MR) is 165 cm³/mol. The number of morpholine rings is 1. The maximum Gasteiger partial charge on any atom is 0.341 e. The monoisotopic (exact) mass is 587 g/mol. The third-order valence-corrected chi connectivity index (χ3v) is 8.94. The molecule has 228 valence electrons. The van der Waals surface area contributed by atoms with Gasteiger partial charge in [-0.25, -0.2) is 4.79 Å². The molecule has 1 amide bonds. The molecule has 9 heteroatoms. The number of hydrogen-bond donors (Lipinski definition) is 1. The molecule has 9 nitrogen and oxygen atoms in total. The summed E-state index contributed by atoms with van der Waals surface area (Å²) in [6.45, 7) is 5.93. The van der Waals surface area contributed by atoms with E-state index in [9.17, 15) is 9.59 Å². The van der Waals surface area contributed by atoms with E-state index in [0.29, 0.717) is 43.2 Å². The van der Waals surface area contributed by atoms with Crippen LogP contribution in [0.3, 0.4) is 0 Å². The Bertz CT molecular complexity index is 1400. The molecular weight excluding hydrogens is 546 g/mol. The number of aliphatic carboxylic acids is 1. The molecule has 1 saturated carbocycles. The van der Waals surface area contributed by atoms with Crippen molar-refractivity contribution in [2.75, 3.05) is 64.0 Å². The molecule has 2 saturated heterocycles. The van der Waals surface area contributed by atoms with Crippen molar-refractivity contribution in [3.63, 3.8) is 0 Å². The Morgan fingerprint density at radius 3 is 2.42 bits per heavy atom. The Labute approximate surface area is 252 Å². The van der Waals surface area contributed by atoms with Crippen LogP contribution in [0.5, 0.6) is 11.5 Å². The highest BCUT2D eigenvalue weighted by molar-refractivity contribution is 6.08. The van der Waals surface area contributed by atoms with E-state index < -0.39 is 12.6 Å². The van der Waals surface area contributed by atoms with Crippen molar-refractivity contribution in [2.45, 2.75) is 44.2 Å². The van der Waals surface area contributed by atoms with Gasteiger partial charge in [-0.3, -0.25) is 9.69 Å². The van der Waals surface area contributed by atoms with Crippen molar-refractivity contribution in [3.8, 4) is 11.5 Å². The summed E-state index contributed by atoms with van der Waals surface area (Å²) in [6.07, 6.45) is 6.50. The van der Waals surface area contributed by atoms with E-state index in [4.69, 9.17) is 19.3 Å². The van der Waals surface area contributed by atoms with Gasteiger partial charge in [-0.2, -0.15) is 0 Å². The topological polar surface area (TPSA) is 91.8 Å². The number of hydrogen-bond acceptors (Lipinski definition) is 7. The summed E-state index contributed by atoms with van der Waals surface area (Å²) in [4.78, 5) is 31.3. The number of ether oxygens (including phenoxy) is 3. The molecule has 3 aromatic rings. The molecule has 43 heavy (non-hydrogen) atoms. The molecule has 1 aliphatic carbocycles. The first-order valence-electron chi connectivity index (χ1n) is 15.6. The second kappa shape index (κ2) is 13.7. The van der Waals surface area contributed by atoms with Crippen LogP contribution in [0.1, 0.15) is 42.5 Å². The average Bonchev–Trinajstić information content (AvgIpc) is 3.05. The summed E-state index contributed by atoms with van der Waals surface area (Å²) in [5.74, 6) is 0.278. The van der Waals surface area contributed by atoms with E-state index >= 15 is 0 Å². The zero-order chi connectivity index (χ0) is 29.6. The first-order valence-corrected chi connectivity index (χ1v) is 15.6. The lowest BCUT2D eigenvalue weighted by Gasteiger charge is -2.43. The zero-order valence-corrected chi connectivity index (χ0v) is 24.7. The Morgan fingerprint density at radius 2 is 1.63 bits per heavy atom. The maximum atomic E-state index is 13.5. The average molecular weight is 588 g/mol. The quantitative estimate of drug-likeness (QED) is 0.342. The first-order chi connectivity index (χ1) is 21.1. The number of amides is 1. The van der Waals surface area contributed by atoms with Crippen molar-refractivity contribution in [1.29, 1.82) is 0 Å². The highest BCUT2D eigenvalue weighted by atomic mass is 16.5. The van der Waals surface area contributed by atoms with Crippen LogP contribution in [-0.2, 0) is 9.53 Å². The van der Waals surface area contributed by atoms with Gasteiger partial charge in [0, 0.05) is 61.9 Å². The number of carbonyl (C=O) groups is 2. The number of nitrogens with zero attached hydrogens (tertiary/aromatic N) is 3. The molecule has 3 aromatic carbocycles. The van der Waals surface area contributed by atoms with Gasteiger partial charge < -0.3 is 29.1 Å². The standard InChI is InChI=1S/C34H41N3O6/c38-33(39)24-43-31-15-14-29(27-6-1-2-7-28(27)31)34(40)37-19-17-35(18-20-37)25-10-12-26(13-11-25)41-22-5-16-36-21-23-42-32-9-4-3-8-30(32)36/h1-2,6-7,10-15,30,32H,3-5,8-9,16-24H2,(H,38,39). The number of carboxylic acids is 1. The highest BCUT2D eigenvalue weighted by Gasteiger charge is 2.33. The van der Waals surface area contributed by atoms with Gasteiger partial charge in [0.15, 0.2) is 6.61 Å². The van der Waals surface area contributed by atoms with Gasteiger partial charge in [0.05, 0.1) is 19.3 Å². The van der Waals surface area contributed by atoms with Gasteiger partial charge in [0.2, 0.25) is 0 Å². The smallest absolute Gasteiger partial charge is 0.341 e. The highest BCUT2D eigenvalue weighted by Crippen LogP contribution is 2.31. The first kappa shape index (κ1) is 29.3. The van der Waals surface area contributed by atoms with Crippen LogP contribution in [0.4, 0.5) is 5.69 Å². The van der Waals surface area contributed by atoms with E-state index in [1.165, 1.54) is 25.7 Å². The van der Waals surface area contributed by atoms with Crippen LogP contribution in [0.2, 0.25) is 0 Å². The second-order valence-corrected chi connectivity index (χ2v) is 11.6. The molecule has 0 radical (unpaired) electrons. The molecule has 2 aliphatic heterocycles. The number of fused-ring (bicyclic) bond motifs is 2. The number of carbonyl (C=O) groups excluding carboxylic acids is 1. The summed E-state index contributed by atoms with van der Waals surface area (Å²) in [6, 6.07) is 19.8. The van der Waals surface area contributed by atoms with Crippen LogP contribution >= 0.6 is 0 Å². The minimum atomic E-state index is -1.04. The molecule has 2 atom stereocenters. The summed E-state index contributed by atoms with van der Waals surface area (Å²) < 4.78 is 17.5. The lowest BCUT2D eigenvalue weighted by Crippen LogP contribution is -2.52. The fourth-order valence-corrected chi connectivity index (χ4v) is 6.73. The van der Waals surface area contributed by atoms with Crippen LogP contribution in [-0.4, -0.2) is 98.0 Å². The molecule has 3 fully saturated rings. The van der Waals surface area contributed by atoms with Crippen LogP contribution in [0, 0.1) is 0 Å². The van der Waals surface area contributed by atoms with Crippen molar-refractivity contribution >= 4 is 28.3 Å². The number of rotatable bonds is 10. The Kier molecular flexibility index (Phi) is 9.29. The van der Waals surface area contributed by atoms with Crippen LogP contribution in [0.25, 0.3) is 10.8 Å². The molecule has 3 aliphatic rings. The SMILES string of the molecule is O=C(O)COc1ccc(C(=O)N2CCN(c3ccc(OCCCN4CCOC5CCCCC54)cc3)CC2)c2ccccc12. The summed E-state index contributed by atoms with van der Waals surface area (Å²) in [5.41, 5.74) is 1.72. The third kappa shape index (κ3) is 6.89. The normalized spacial score (nSPS) is 20.9. The van der Waals surface area contributed by atoms with Gasteiger partial charge in [-0.15, -0.1) is 0 Å². The lowest BCUT2D eigenvalue weighted by molar-refractivity contribution is -0.139. The van der Waals surface area contributed by atoms with E-state index in [1.54, 1.807) is 12.1 Å². The Balaban J connectivity index is 0.984. The Hall–Kier alpha value is -3.82. The van der Waals surface area contributed by atoms with E-state index in [2.05, 4.69) is 21.9 Å². The molecule has 0 aromatic heterocycles. The minimum absolute atomic E-state index is 0.0273. The molecular formula is C34H41N3O6. The van der Waals surface area contributed by atoms with E-state index in [1.807, 2.05) is 41.3 Å². The van der Waals surface area contributed by atoms with Gasteiger partial charge >= 0.3 is 5.97 Å². The molecule has 6 rings (SSSR count). The zero-order valence-electron chi connectivity index (χ0n) is 24.7. The number of anilines is 1. The molecule has 0 spiro atoms. The van der Waals surface area contributed by atoms with E-state index in [-0.39, 0.29) is 5.91 Å². The largest absolute Gasteiger partial charge is 0.494 e. The third-order valence-electron chi connectivity index (χ3n) is 8.94. The molecule has 1 N–H and O–H groups in total. The van der Waals surface area contributed by atoms with Crippen LogP contribution < -0.4 is 14.4 Å².